The summed E-state index contributed by atoms with van der Waals surface area (Å²) in [5.41, 5.74) is 1.26. The molecule has 19 heavy (non-hydrogen) atoms. The molecule has 2 rings (SSSR count). The molecule has 1 aliphatic rings. The summed E-state index contributed by atoms with van der Waals surface area (Å²) in [4.78, 5) is 6.74. The molecule has 4 nitrogen and oxygen atoms in total. The van der Waals surface area contributed by atoms with Gasteiger partial charge in [0.1, 0.15) is 5.75 Å². The van der Waals surface area contributed by atoms with E-state index in [1.54, 1.807) is 6.07 Å². The monoisotopic (exact) mass is 263 g/mol. The number of piperidine rings is 1. The number of aromatic nitrogens is 1. The lowest BCUT2D eigenvalue weighted by Crippen LogP contribution is -2.49. The summed E-state index contributed by atoms with van der Waals surface area (Å²) in [5.74, 6) is 0.224. The van der Waals surface area contributed by atoms with E-state index in [0.29, 0.717) is 6.04 Å². The van der Waals surface area contributed by atoms with Crippen molar-refractivity contribution in [2.75, 3.05) is 13.1 Å². The van der Waals surface area contributed by atoms with Crippen molar-refractivity contribution in [3.05, 3.63) is 24.0 Å². The number of hydrogen-bond donors (Lipinski definition) is 2. The van der Waals surface area contributed by atoms with Crippen LogP contribution in [0.5, 0.6) is 5.75 Å². The smallest absolute Gasteiger partial charge is 0.133 e. The molecule has 0 aliphatic carbocycles. The van der Waals surface area contributed by atoms with E-state index in [1.807, 2.05) is 6.07 Å². The van der Waals surface area contributed by atoms with Crippen LogP contribution >= 0.6 is 0 Å². The molecule has 2 heterocycles. The van der Waals surface area contributed by atoms with Crippen molar-refractivity contribution in [1.82, 2.24) is 15.2 Å². The summed E-state index contributed by atoms with van der Waals surface area (Å²) >= 11 is 0. The van der Waals surface area contributed by atoms with Gasteiger partial charge in [-0.15, -0.1) is 0 Å². The SMILES string of the molecule is CC(C)(C)N1CCC(NCc2ccc(O)cn2)CC1. The maximum Gasteiger partial charge on any atom is 0.133 e. The van der Waals surface area contributed by atoms with Crippen LogP contribution in [-0.4, -0.2) is 39.7 Å². The molecular formula is C15H25N3O. The van der Waals surface area contributed by atoms with Gasteiger partial charge in [-0.3, -0.25) is 9.88 Å². The van der Waals surface area contributed by atoms with Crippen molar-refractivity contribution in [3.63, 3.8) is 0 Å². The highest BCUT2D eigenvalue weighted by Crippen LogP contribution is 2.20. The molecule has 0 saturated carbocycles. The highest BCUT2D eigenvalue weighted by Gasteiger charge is 2.26. The van der Waals surface area contributed by atoms with Gasteiger partial charge in [-0.1, -0.05) is 0 Å². The van der Waals surface area contributed by atoms with E-state index in [1.165, 1.54) is 19.0 Å². The summed E-state index contributed by atoms with van der Waals surface area (Å²) in [6.45, 7) is 9.93. The summed E-state index contributed by atoms with van der Waals surface area (Å²) in [6, 6.07) is 4.13. The third kappa shape index (κ3) is 4.18. The Labute approximate surface area is 115 Å². The first-order chi connectivity index (χ1) is 8.95. The molecule has 1 aromatic heterocycles. The number of aromatic hydroxyl groups is 1. The standard InChI is InChI=1S/C15H25N3O/c1-15(2,3)18-8-6-12(7-9-18)16-10-13-4-5-14(19)11-17-13/h4-5,11-12,16,19H,6-10H2,1-3H3. The quantitative estimate of drug-likeness (QED) is 0.877. The second kappa shape index (κ2) is 5.88. The van der Waals surface area contributed by atoms with Crippen molar-refractivity contribution in [3.8, 4) is 5.75 Å². The number of hydrogen-bond acceptors (Lipinski definition) is 4. The molecule has 0 amide bonds. The van der Waals surface area contributed by atoms with E-state index >= 15 is 0 Å². The van der Waals surface area contributed by atoms with Gasteiger partial charge in [0.15, 0.2) is 0 Å². The first-order valence-electron chi connectivity index (χ1n) is 7.07. The molecule has 0 spiro atoms. The molecule has 0 atom stereocenters. The van der Waals surface area contributed by atoms with Gasteiger partial charge in [-0.25, -0.2) is 0 Å². The summed E-state index contributed by atoms with van der Waals surface area (Å²) in [5, 5.41) is 12.7. The Bertz CT molecular complexity index is 389. The molecule has 0 aromatic carbocycles. The van der Waals surface area contributed by atoms with Crippen LogP contribution in [0.3, 0.4) is 0 Å². The molecule has 1 aliphatic heterocycles. The second-order valence-corrected chi connectivity index (χ2v) is 6.32. The maximum atomic E-state index is 9.19. The van der Waals surface area contributed by atoms with Crippen LogP contribution in [0.1, 0.15) is 39.3 Å². The minimum Gasteiger partial charge on any atom is -0.506 e. The average Bonchev–Trinajstić information content (AvgIpc) is 2.37. The average molecular weight is 263 g/mol. The molecular weight excluding hydrogens is 238 g/mol. The fourth-order valence-corrected chi connectivity index (χ4v) is 2.52. The Kier molecular flexibility index (Phi) is 4.42. The number of nitrogens with one attached hydrogen (secondary N) is 1. The van der Waals surface area contributed by atoms with Gasteiger partial charge in [0, 0.05) is 31.2 Å². The van der Waals surface area contributed by atoms with Crippen molar-refractivity contribution < 1.29 is 5.11 Å². The van der Waals surface area contributed by atoms with Crippen LogP contribution in [0.25, 0.3) is 0 Å². The minimum atomic E-state index is 0.224. The predicted molar refractivity (Wildman–Crippen MR) is 77.1 cm³/mol. The van der Waals surface area contributed by atoms with Gasteiger partial charge in [0.25, 0.3) is 0 Å². The molecule has 0 radical (unpaired) electrons. The largest absolute Gasteiger partial charge is 0.506 e. The van der Waals surface area contributed by atoms with E-state index in [0.717, 1.165) is 25.3 Å². The summed E-state index contributed by atoms with van der Waals surface area (Å²) < 4.78 is 0. The van der Waals surface area contributed by atoms with Crippen molar-refractivity contribution >= 4 is 0 Å². The van der Waals surface area contributed by atoms with Crippen LogP contribution in [0, 0.1) is 0 Å². The van der Waals surface area contributed by atoms with Crippen LogP contribution in [-0.2, 0) is 6.54 Å². The van der Waals surface area contributed by atoms with E-state index in [9.17, 15) is 5.11 Å². The van der Waals surface area contributed by atoms with E-state index < -0.39 is 0 Å². The van der Waals surface area contributed by atoms with Crippen molar-refractivity contribution in [2.45, 2.75) is 51.7 Å². The van der Waals surface area contributed by atoms with Gasteiger partial charge < -0.3 is 10.4 Å². The number of pyridine rings is 1. The number of rotatable bonds is 3. The second-order valence-electron chi connectivity index (χ2n) is 6.32. The van der Waals surface area contributed by atoms with Crippen LogP contribution in [0.15, 0.2) is 18.3 Å². The Morgan fingerprint density at radius 1 is 1.32 bits per heavy atom. The summed E-state index contributed by atoms with van der Waals surface area (Å²) in [7, 11) is 0. The van der Waals surface area contributed by atoms with E-state index in [-0.39, 0.29) is 11.3 Å². The van der Waals surface area contributed by atoms with E-state index in [4.69, 9.17) is 0 Å². The zero-order valence-corrected chi connectivity index (χ0v) is 12.2. The molecule has 4 heteroatoms. The third-order valence-corrected chi connectivity index (χ3v) is 3.82. The normalized spacial score (nSPS) is 18.7. The van der Waals surface area contributed by atoms with Gasteiger partial charge in [-0.2, -0.15) is 0 Å². The summed E-state index contributed by atoms with van der Waals surface area (Å²) in [6.07, 6.45) is 3.88. The van der Waals surface area contributed by atoms with Gasteiger partial charge in [0.2, 0.25) is 0 Å². The zero-order chi connectivity index (χ0) is 13.9. The molecule has 0 unspecified atom stereocenters. The predicted octanol–water partition coefficient (Wildman–Crippen LogP) is 2.14. The number of likely N-dealkylation sites (tertiary alicyclic amines) is 1. The van der Waals surface area contributed by atoms with Crippen LogP contribution < -0.4 is 5.32 Å². The number of nitrogens with zero attached hydrogens (tertiary/aromatic N) is 2. The highest BCUT2D eigenvalue weighted by atomic mass is 16.3. The third-order valence-electron chi connectivity index (χ3n) is 3.82. The Morgan fingerprint density at radius 3 is 2.53 bits per heavy atom. The fourth-order valence-electron chi connectivity index (χ4n) is 2.52. The molecule has 106 valence electrons. The minimum absolute atomic E-state index is 0.224. The van der Waals surface area contributed by atoms with Crippen LogP contribution in [0.4, 0.5) is 0 Å². The molecule has 0 bridgehead atoms. The lowest BCUT2D eigenvalue weighted by atomic mass is 9.98. The lowest BCUT2D eigenvalue weighted by molar-refractivity contribution is 0.0959. The molecule has 1 aromatic rings. The highest BCUT2D eigenvalue weighted by molar-refractivity contribution is 5.17. The Hall–Kier alpha value is -1.13. The van der Waals surface area contributed by atoms with E-state index in [2.05, 4.69) is 36.0 Å². The first-order valence-corrected chi connectivity index (χ1v) is 7.07. The molecule has 1 fully saturated rings. The van der Waals surface area contributed by atoms with Gasteiger partial charge in [0.05, 0.1) is 11.9 Å². The van der Waals surface area contributed by atoms with Crippen molar-refractivity contribution in [1.29, 1.82) is 0 Å². The Morgan fingerprint density at radius 2 is 2.00 bits per heavy atom. The zero-order valence-electron chi connectivity index (χ0n) is 12.2. The maximum absolute atomic E-state index is 9.19. The molecule has 1 saturated heterocycles. The van der Waals surface area contributed by atoms with Gasteiger partial charge >= 0.3 is 0 Å². The van der Waals surface area contributed by atoms with Gasteiger partial charge in [-0.05, 0) is 45.7 Å². The molecule has 2 N–H and O–H groups in total. The Balaban J connectivity index is 1.75. The van der Waals surface area contributed by atoms with Crippen molar-refractivity contribution in [2.24, 2.45) is 0 Å². The van der Waals surface area contributed by atoms with Crippen LogP contribution in [0.2, 0.25) is 0 Å². The fraction of sp³-hybridized carbons (Fsp3) is 0.667. The first kappa shape index (κ1) is 14.3. The topological polar surface area (TPSA) is 48.4 Å². The lowest BCUT2D eigenvalue weighted by Gasteiger charge is -2.41.